The van der Waals surface area contributed by atoms with Gasteiger partial charge in [-0.1, -0.05) is 115 Å². The lowest BCUT2D eigenvalue weighted by molar-refractivity contribution is 0.672. The fraction of sp³-hybridized carbons (Fsp3) is 0. The summed E-state index contributed by atoms with van der Waals surface area (Å²) in [6, 6.07) is 7.10. The maximum Gasteiger partial charge on any atom is 0.143 e. The van der Waals surface area contributed by atoms with Gasteiger partial charge in [0.25, 0.3) is 0 Å². The number of furan rings is 1. The van der Waals surface area contributed by atoms with Gasteiger partial charge in [-0.05, 0) is 67.3 Å². The van der Waals surface area contributed by atoms with Crippen LogP contribution in [-0.2, 0) is 0 Å². The molecular formula is C36H22O. The van der Waals surface area contributed by atoms with Crippen molar-refractivity contribution in [2.45, 2.75) is 0 Å². The molecule has 1 aromatic heterocycles. The highest BCUT2D eigenvalue weighted by atomic mass is 16.3. The Hall–Kier alpha value is -4.88. The second-order valence-electron chi connectivity index (χ2n) is 8.60. The fourth-order valence-electron chi connectivity index (χ4n) is 5.08. The summed E-state index contributed by atoms with van der Waals surface area (Å²) in [5, 5.41) is 1.26. The Balaban J connectivity index is 1.59. The number of rotatable bonds is 2. The molecule has 0 bridgehead atoms. The highest BCUT2D eigenvalue weighted by molar-refractivity contribution is 6.22. The van der Waals surface area contributed by atoms with E-state index in [1.165, 1.54) is 0 Å². The molecule has 1 heteroatoms. The van der Waals surface area contributed by atoms with E-state index in [1.807, 2.05) is 0 Å². The first-order chi connectivity index (χ1) is 24.2. The van der Waals surface area contributed by atoms with Crippen molar-refractivity contribution in [3.8, 4) is 22.3 Å². The summed E-state index contributed by atoms with van der Waals surface area (Å²) in [7, 11) is 0. The van der Waals surface area contributed by atoms with Crippen molar-refractivity contribution in [2.75, 3.05) is 0 Å². The summed E-state index contributed by atoms with van der Waals surface area (Å²) in [4.78, 5) is 0. The number of fused-ring (bicyclic) bond motifs is 7. The average molecular weight is 485 g/mol. The van der Waals surface area contributed by atoms with Crippen LogP contribution >= 0.6 is 0 Å². The third-order valence-electron chi connectivity index (χ3n) is 6.62. The van der Waals surface area contributed by atoms with Crippen molar-refractivity contribution in [1.29, 1.82) is 0 Å². The maximum atomic E-state index is 9.59. The van der Waals surface area contributed by atoms with E-state index in [0.29, 0.717) is 32.7 Å². The lowest BCUT2D eigenvalue weighted by atomic mass is 9.86. The predicted molar refractivity (Wildman–Crippen MR) is 157 cm³/mol. The van der Waals surface area contributed by atoms with Gasteiger partial charge in [-0.15, -0.1) is 0 Å². The van der Waals surface area contributed by atoms with E-state index in [-0.39, 0.29) is 49.9 Å². The van der Waals surface area contributed by atoms with Crippen LogP contribution in [0.25, 0.3) is 76.5 Å². The molecule has 172 valence electrons. The van der Waals surface area contributed by atoms with Crippen LogP contribution in [0.2, 0.25) is 0 Å². The molecule has 0 aliphatic rings. The lowest BCUT2D eigenvalue weighted by Gasteiger charge is -2.17. The summed E-state index contributed by atoms with van der Waals surface area (Å²) in [5.74, 6) is 0. The van der Waals surface area contributed by atoms with Gasteiger partial charge in [-0.3, -0.25) is 0 Å². The molecule has 0 aliphatic heterocycles. The normalized spacial score (nSPS) is 17.1. The van der Waals surface area contributed by atoms with Gasteiger partial charge in [0.15, 0.2) is 0 Å². The van der Waals surface area contributed by atoms with E-state index in [4.69, 9.17) is 20.9 Å². The van der Waals surface area contributed by atoms with Gasteiger partial charge in [0.2, 0.25) is 0 Å². The van der Waals surface area contributed by atoms with Gasteiger partial charge in [-0.25, -0.2) is 0 Å². The van der Waals surface area contributed by atoms with Gasteiger partial charge >= 0.3 is 0 Å². The van der Waals surface area contributed by atoms with E-state index in [2.05, 4.69) is 0 Å². The minimum atomic E-state index is -0.584. The Labute approximate surface area is 233 Å². The Morgan fingerprint density at radius 1 is 0.459 bits per heavy atom. The molecule has 8 rings (SSSR count). The first-order valence-corrected chi connectivity index (χ1v) is 11.6. The third kappa shape index (κ3) is 2.98. The zero-order valence-electron chi connectivity index (χ0n) is 33.0. The SMILES string of the molecule is [2H]c1c([2H])c([2H])c(-c2c3ccccc3c(-c3c([2H])c([2H])c4oc5c6c([2H])c([2H])c([2H])c([2H])c6c([2H])c([2H])c5c4c3[2H])c3ccccc23)c([2H])c1[2H]. The first kappa shape index (κ1) is 11.0. The highest BCUT2D eigenvalue weighted by Crippen LogP contribution is 2.45. The first-order valence-electron chi connectivity index (χ1n) is 18.6. The van der Waals surface area contributed by atoms with Gasteiger partial charge in [0, 0.05) is 16.2 Å². The van der Waals surface area contributed by atoms with Crippen LogP contribution in [0.5, 0.6) is 0 Å². The Morgan fingerprint density at radius 2 is 1.08 bits per heavy atom. The maximum absolute atomic E-state index is 9.59. The molecule has 0 fully saturated rings. The Kier molecular flexibility index (Phi) is 2.33. The average Bonchev–Trinajstić information content (AvgIpc) is 3.53. The van der Waals surface area contributed by atoms with Crippen LogP contribution < -0.4 is 0 Å². The van der Waals surface area contributed by atoms with Crippen LogP contribution in [0, 0.1) is 0 Å². The third-order valence-corrected chi connectivity index (χ3v) is 6.62. The van der Waals surface area contributed by atoms with Crippen LogP contribution in [0.15, 0.2) is 138 Å². The minimum absolute atomic E-state index is 0.0174. The van der Waals surface area contributed by atoms with Crippen LogP contribution in [0.4, 0.5) is 0 Å². The largest absolute Gasteiger partial charge is 0.455 e. The molecule has 0 atom stereocenters. The van der Waals surface area contributed by atoms with Crippen molar-refractivity contribution >= 4 is 54.3 Å². The zero-order valence-corrected chi connectivity index (χ0v) is 19.0. The van der Waals surface area contributed by atoms with Crippen molar-refractivity contribution < 1.29 is 23.6 Å². The van der Waals surface area contributed by atoms with E-state index >= 15 is 0 Å². The van der Waals surface area contributed by atoms with Gasteiger partial charge in [0.1, 0.15) is 11.2 Å². The molecule has 0 spiro atoms. The molecule has 0 aliphatic carbocycles. The summed E-state index contributed by atoms with van der Waals surface area (Å²) in [6.45, 7) is 0. The molecule has 0 radical (unpaired) electrons. The van der Waals surface area contributed by atoms with Crippen LogP contribution in [-0.4, -0.2) is 0 Å². The number of hydrogen-bond acceptors (Lipinski definition) is 1. The molecular weight excluding hydrogens is 448 g/mol. The Morgan fingerprint density at radius 3 is 1.78 bits per heavy atom. The minimum Gasteiger partial charge on any atom is -0.455 e. The quantitative estimate of drug-likeness (QED) is 0.222. The van der Waals surface area contributed by atoms with E-state index in [0.717, 1.165) is 0 Å². The topological polar surface area (TPSA) is 13.1 Å². The molecule has 1 nitrogen and oxygen atoms in total. The van der Waals surface area contributed by atoms with Crippen LogP contribution in [0.1, 0.15) is 19.2 Å². The summed E-state index contributed by atoms with van der Waals surface area (Å²) < 4.78 is 128. The van der Waals surface area contributed by atoms with Crippen molar-refractivity contribution in [3.63, 3.8) is 0 Å². The lowest BCUT2D eigenvalue weighted by Crippen LogP contribution is -1.90. The molecule has 0 N–H and O–H groups in total. The van der Waals surface area contributed by atoms with E-state index < -0.39 is 78.6 Å². The van der Waals surface area contributed by atoms with Crippen LogP contribution in [0.3, 0.4) is 0 Å². The van der Waals surface area contributed by atoms with Gasteiger partial charge in [0.05, 0.1) is 19.2 Å². The number of hydrogen-bond donors (Lipinski definition) is 0. The van der Waals surface area contributed by atoms with E-state index in [9.17, 15) is 2.74 Å². The molecule has 8 aromatic rings. The standard InChI is InChI=1S/C36H22O/c1-2-11-24(12-3-1)34-27-14-6-8-16-29(27)35(30-17-9-7-15-28(30)34)25-19-21-33-32(22-25)31-20-18-23-10-4-5-13-26(23)36(31)37-33/h1-22H/i1D,2D,3D,4D,5D,10D,11D,12D,13D,18D,19D,20D,21D,22D. The predicted octanol–water partition coefficient (Wildman–Crippen LogP) is 10.4. The highest BCUT2D eigenvalue weighted by Gasteiger charge is 2.18. The summed E-state index contributed by atoms with van der Waals surface area (Å²) >= 11 is 0. The van der Waals surface area contributed by atoms with Crippen molar-refractivity contribution in [3.05, 3.63) is 133 Å². The van der Waals surface area contributed by atoms with Crippen molar-refractivity contribution in [1.82, 2.24) is 0 Å². The number of benzene rings is 7. The molecule has 37 heavy (non-hydrogen) atoms. The van der Waals surface area contributed by atoms with Crippen molar-refractivity contribution in [2.24, 2.45) is 0 Å². The second-order valence-corrected chi connectivity index (χ2v) is 8.60. The molecule has 0 saturated carbocycles. The molecule has 0 unspecified atom stereocenters. The molecule has 0 saturated heterocycles. The fourth-order valence-corrected chi connectivity index (χ4v) is 5.08. The second kappa shape index (κ2) is 7.81. The monoisotopic (exact) mass is 484 g/mol. The summed E-state index contributed by atoms with van der Waals surface area (Å²) in [5.41, 5.74) is 0.217. The smallest absolute Gasteiger partial charge is 0.143 e. The Bertz CT molecular complexity index is 2830. The summed E-state index contributed by atoms with van der Waals surface area (Å²) in [6.07, 6.45) is 0. The van der Waals surface area contributed by atoms with E-state index in [1.54, 1.807) is 48.5 Å². The molecule has 7 aromatic carbocycles. The van der Waals surface area contributed by atoms with Gasteiger partial charge in [-0.2, -0.15) is 0 Å². The molecule has 0 amide bonds. The van der Waals surface area contributed by atoms with Gasteiger partial charge < -0.3 is 4.42 Å². The molecule has 1 heterocycles. The zero-order chi connectivity index (χ0) is 36.5.